The molecule has 114 valence electrons. The van der Waals surface area contributed by atoms with Gasteiger partial charge in [0.2, 0.25) is 0 Å². The van der Waals surface area contributed by atoms with Crippen molar-refractivity contribution in [3.05, 3.63) is 10.6 Å². The number of nitrogens with zero attached hydrogens (tertiary/aromatic N) is 2. The molecule has 0 aliphatic carbocycles. The fraction of sp³-hybridized carbons (Fsp3) is 0.812. The van der Waals surface area contributed by atoms with Crippen LogP contribution >= 0.6 is 11.3 Å². The van der Waals surface area contributed by atoms with Gasteiger partial charge in [0.05, 0.1) is 5.69 Å². The lowest BCUT2D eigenvalue weighted by Crippen LogP contribution is -2.38. The Morgan fingerprint density at radius 3 is 2.60 bits per heavy atom. The minimum atomic E-state index is 0.417. The van der Waals surface area contributed by atoms with E-state index in [-0.39, 0.29) is 0 Å². The molecule has 0 radical (unpaired) electrons. The Bertz CT molecular complexity index is 419. The molecule has 2 rings (SSSR count). The van der Waals surface area contributed by atoms with Crippen molar-refractivity contribution in [1.29, 1.82) is 0 Å². The summed E-state index contributed by atoms with van der Waals surface area (Å²) in [4.78, 5) is 8.73. The normalized spacial score (nSPS) is 24.9. The number of aromatic nitrogens is 1. The number of nitrogens with one attached hydrogen (secondary N) is 1. The van der Waals surface area contributed by atoms with Gasteiger partial charge in [0.15, 0.2) is 5.13 Å². The van der Waals surface area contributed by atoms with E-state index >= 15 is 0 Å². The van der Waals surface area contributed by atoms with Crippen molar-refractivity contribution in [2.45, 2.75) is 53.5 Å². The van der Waals surface area contributed by atoms with Gasteiger partial charge in [-0.05, 0) is 45.1 Å². The zero-order valence-corrected chi connectivity index (χ0v) is 14.4. The molecular formula is C16H29N3S. The summed E-state index contributed by atoms with van der Waals surface area (Å²) in [6.45, 7) is 14.7. The van der Waals surface area contributed by atoms with Gasteiger partial charge < -0.3 is 10.2 Å². The number of thiazole rings is 1. The Kier molecular flexibility index (Phi) is 5.44. The molecule has 2 heterocycles. The van der Waals surface area contributed by atoms with E-state index in [0.717, 1.165) is 31.5 Å². The van der Waals surface area contributed by atoms with Crippen molar-refractivity contribution in [3.8, 4) is 0 Å². The van der Waals surface area contributed by atoms with Gasteiger partial charge in [0.1, 0.15) is 0 Å². The third-order valence-electron chi connectivity index (χ3n) is 4.05. The lowest BCUT2D eigenvalue weighted by atomic mass is 9.92. The van der Waals surface area contributed by atoms with Crippen molar-refractivity contribution in [2.75, 3.05) is 24.5 Å². The molecule has 4 heteroatoms. The fourth-order valence-electron chi connectivity index (χ4n) is 3.20. The number of hydrogen-bond acceptors (Lipinski definition) is 4. The van der Waals surface area contributed by atoms with Gasteiger partial charge in [0, 0.05) is 24.0 Å². The van der Waals surface area contributed by atoms with Crippen molar-refractivity contribution in [1.82, 2.24) is 10.3 Å². The molecule has 20 heavy (non-hydrogen) atoms. The number of rotatable bonds is 5. The highest BCUT2D eigenvalue weighted by molar-refractivity contribution is 7.15. The Morgan fingerprint density at radius 1 is 1.35 bits per heavy atom. The maximum absolute atomic E-state index is 4.84. The second-order valence-electron chi connectivity index (χ2n) is 6.47. The number of piperidine rings is 1. The molecular weight excluding hydrogens is 266 g/mol. The first kappa shape index (κ1) is 15.8. The number of aryl methyl sites for hydroxylation is 1. The van der Waals surface area contributed by atoms with Crippen LogP contribution in [0.5, 0.6) is 0 Å². The summed E-state index contributed by atoms with van der Waals surface area (Å²) in [5.74, 6) is 1.56. The van der Waals surface area contributed by atoms with Crippen LogP contribution in [0.2, 0.25) is 0 Å². The van der Waals surface area contributed by atoms with E-state index in [1.54, 1.807) is 0 Å². The second kappa shape index (κ2) is 6.90. The van der Waals surface area contributed by atoms with Crippen LogP contribution in [0.4, 0.5) is 5.13 Å². The number of hydrogen-bond donors (Lipinski definition) is 1. The third-order valence-corrected chi connectivity index (χ3v) is 5.46. The summed E-state index contributed by atoms with van der Waals surface area (Å²) in [5, 5.41) is 4.80. The maximum atomic E-state index is 4.84. The summed E-state index contributed by atoms with van der Waals surface area (Å²) < 4.78 is 0. The maximum Gasteiger partial charge on any atom is 0.185 e. The second-order valence-corrected chi connectivity index (χ2v) is 7.48. The van der Waals surface area contributed by atoms with E-state index in [1.165, 1.54) is 28.5 Å². The number of anilines is 1. The van der Waals surface area contributed by atoms with Gasteiger partial charge in [0.25, 0.3) is 0 Å². The summed E-state index contributed by atoms with van der Waals surface area (Å²) in [7, 11) is 0. The molecule has 0 amide bonds. The lowest BCUT2D eigenvalue weighted by Gasteiger charge is -2.34. The quantitative estimate of drug-likeness (QED) is 0.890. The van der Waals surface area contributed by atoms with Crippen LogP contribution in [-0.4, -0.2) is 24.6 Å². The van der Waals surface area contributed by atoms with Gasteiger partial charge >= 0.3 is 0 Å². The predicted octanol–water partition coefficient (Wildman–Crippen LogP) is 3.99. The molecule has 3 unspecified atom stereocenters. The molecule has 1 aromatic rings. The first-order valence-electron chi connectivity index (χ1n) is 7.96. The first-order valence-corrected chi connectivity index (χ1v) is 8.78. The molecule has 1 aliphatic rings. The average Bonchev–Trinajstić information content (AvgIpc) is 2.77. The summed E-state index contributed by atoms with van der Waals surface area (Å²) in [5.41, 5.74) is 1.20. The van der Waals surface area contributed by atoms with E-state index < -0.39 is 0 Å². The molecule has 3 atom stereocenters. The fourth-order valence-corrected chi connectivity index (χ4v) is 4.31. The topological polar surface area (TPSA) is 28.2 Å². The van der Waals surface area contributed by atoms with Gasteiger partial charge in [-0.2, -0.15) is 0 Å². The molecule has 3 nitrogen and oxygen atoms in total. The van der Waals surface area contributed by atoms with Gasteiger partial charge in [-0.1, -0.05) is 20.8 Å². The van der Waals surface area contributed by atoms with Crippen LogP contribution in [0.25, 0.3) is 0 Å². The van der Waals surface area contributed by atoms with Crippen molar-refractivity contribution < 1.29 is 0 Å². The van der Waals surface area contributed by atoms with Crippen LogP contribution in [0.1, 0.15) is 57.1 Å². The van der Waals surface area contributed by atoms with E-state index in [2.05, 4.69) is 44.8 Å². The molecule has 1 aliphatic heterocycles. The zero-order chi connectivity index (χ0) is 14.7. The average molecular weight is 295 g/mol. The van der Waals surface area contributed by atoms with Gasteiger partial charge in [-0.3, -0.25) is 0 Å². The SMILES string of the molecule is CCCNC(C)c1sc(N2CC(C)CC(C)C2)nc1C. The first-order chi connectivity index (χ1) is 9.51. The predicted molar refractivity (Wildman–Crippen MR) is 88.7 cm³/mol. The van der Waals surface area contributed by atoms with Crippen molar-refractivity contribution in [3.63, 3.8) is 0 Å². The highest BCUT2D eigenvalue weighted by Gasteiger charge is 2.25. The molecule has 0 aromatic carbocycles. The zero-order valence-electron chi connectivity index (χ0n) is 13.6. The summed E-state index contributed by atoms with van der Waals surface area (Å²) >= 11 is 1.88. The monoisotopic (exact) mass is 295 g/mol. The minimum absolute atomic E-state index is 0.417. The minimum Gasteiger partial charge on any atom is -0.348 e. The lowest BCUT2D eigenvalue weighted by molar-refractivity contribution is 0.356. The highest BCUT2D eigenvalue weighted by atomic mass is 32.1. The van der Waals surface area contributed by atoms with E-state index in [9.17, 15) is 0 Å². The Morgan fingerprint density at radius 2 is 2.00 bits per heavy atom. The summed E-state index contributed by atoms with van der Waals surface area (Å²) in [6.07, 6.45) is 2.53. The third kappa shape index (κ3) is 3.73. The largest absolute Gasteiger partial charge is 0.348 e. The van der Waals surface area contributed by atoms with Crippen LogP contribution in [-0.2, 0) is 0 Å². The Hall–Kier alpha value is -0.610. The molecule has 1 N–H and O–H groups in total. The molecule has 0 spiro atoms. The van der Waals surface area contributed by atoms with Crippen LogP contribution in [0.15, 0.2) is 0 Å². The Balaban J connectivity index is 2.10. The van der Waals surface area contributed by atoms with Crippen molar-refractivity contribution >= 4 is 16.5 Å². The van der Waals surface area contributed by atoms with Gasteiger partial charge in [-0.15, -0.1) is 11.3 Å². The van der Waals surface area contributed by atoms with Crippen LogP contribution in [0.3, 0.4) is 0 Å². The molecule has 1 saturated heterocycles. The molecule has 0 bridgehead atoms. The van der Waals surface area contributed by atoms with Crippen LogP contribution in [0, 0.1) is 18.8 Å². The van der Waals surface area contributed by atoms with E-state index in [0.29, 0.717) is 6.04 Å². The van der Waals surface area contributed by atoms with Gasteiger partial charge in [-0.25, -0.2) is 4.98 Å². The molecule has 1 fully saturated rings. The summed E-state index contributed by atoms with van der Waals surface area (Å²) in [6, 6.07) is 0.417. The molecule has 0 saturated carbocycles. The van der Waals surface area contributed by atoms with Crippen LogP contribution < -0.4 is 10.2 Å². The van der Waals surface area contributed by atoms with E-state index in [1.807, 2.05) is 11.3 Å². The standard InChI is InChI=1S/C16H29N3S/c1-6-7-17-13(4)15-14(5)18-16(20-15)19-9-11(2)8-12(3)10-19/h11-13,17H,6-10H2,1-5H3. The highest BCUT2D eigenvalue weighted by Crippen LogP contribution is 2.33. The van der Waals surface area contributed by atoms with Crippen molar-refractivity contribution in [2.24, 2.45) is 11.8 Å². The Labute approximate surface area is 127 Å². The van der Waals surface area contributed by atoms with E-state index in [4.69, 9.17) is 4.98 Å². The smallest absolute Gasteiger partial charge is 0.185 e. The molecule has 1 aromatic heterocycles.